The fourth-order valence-electron chi connectivity index (χ4n) is 1.27. The number of nitrogens with zero attached hydrogens (tertiary/aromatic N) is 2. The van der Waals surface area contributed by atoms with E-state index in [2.05, 4.69) is 10.1 Å². The number of rotatable bonds is 6. The van der Waals surface area contributed by atoms with Gasteiger partial charge in [-0.3, -0.25) is 0 Å². The normalized spacial score (nSPS) is 11.5. The van der Waals surface area contributed by atoms with E-state index in [-0.39, 0.29) is 5.84 Å². The van der Waals surface area contributed by atoms with Crippen LogP contribution in [0.2, 0.25) is 0 Å². The Bertz CT molecular complexity index is 394. The van der Waals surface area contributed by atoms with Gasteiger partial charge in [-0.1, -0.05) is 5.16 Å². The van der Waals surface area contributed by atoms with Crippen molar-refractivity contribution in [3.8, 4) is 5.88 Å². The van der Waals surface area contributed by atoms with Crippen LogP contribution in [0.25, 0.3) is 0 Å². The van der Waals surface area contributed by atoms with Crippen molar-refractivity contribution in [2.75, 3.05) is 19.8 Å². The molecule has 0 aliphatic rings. The van der Waals surface area contributed by atoms with Gasteiger partial charge in [-0.25, -0.2) is 4.98 Å². The molecule has 0 saturated carbocycles. The molecule has 6 heteroatoms. The lowest BCUT2D eigenvalue weighted by atomic mass is 10.2. The van der Waals surface area contributed by atoms with Crippen LogP contribution >= 0.6 is 0 Å². The van der Waals surface area contributed by atoms with Gasteiger partial charge in [-0.15, -0.1) is 0 Å². The number of aromatic nitrogens is 1. The van der Waals surface area contributed by atoms with Crippen LogP contribution in [0.1, 0.15) is 18.2 Å². The van der Waals surface area contributed by atoms with E-state index in [1.165, 1.54) is 0 Å². The number of hydrogen-bond donors (Lipinski definition) is 2. The fourth-order valence-corrected chi connectivity index (χ4v) is 1.27. The summed E-state index contributed by atoms with van der Waals surface area (Å²) >= 11 is 0. The Morgan fingerprint density at radius 3 is 2.88 bits per heavy atom. The Kier molecular flexibility index (Phi) is 5.22. The smallest absolute Gasteiger partial charge is 0.214 e. The third-order valence-electron chi connectivity index (χ3n) is 2.02. The van der Waals surface area contributed by atoms with Gasteiger partial charge >= 0.3 is 0 Å². The maximum Gasteiger partial charge on any atom is 0.214 e. The van der Waals surface area contributed by atoms with Crippen LogP contribution in [-0.4, -0.2) is 35.8 Å². The van der Waals surface area contributed by atoms with Gasteiger partial charge in [0.05, 0.1) is 6.61 Å². The number of ether oxygens (including phenoxy) is 2. The van der Waals surface area contributed by atoms with E-state index < -0.39 is 0 Å². The van der Waals surface area contributed by atoms with Gasteiger partial charge in [0, 0.05) is 23.9 Å². The second kappa shape index (κ2) is 6.70. The molecule has 1 heterocycles. The van der Waals surface area contributed by atoms with Crippen molar-refractivity contribution in [2.45, 2.75) is 13.8 Å². The number of pyridine rings is 1. The minimum atomic E-state index is 0.0326. The molecule has 0 spiro atoms. The monoisotopic (exact) mass is 239 g/mol. The summed E-state index contributed by atoms with van der Waals surface area (Å²) in [5.74, 6) is 0.469. The Hall–Kier alpha value is -1.82. The molecule has 1 aromatic rings. The maximum atomic E-state index is 8.60. The van der Waals surface area contributed by atoms with Gasteiger partial charge in [0.25, 0.3) is 0 Å². The van der Waals surface area contributed by atoms with E-state index in [0.717, 1.165) is 5.69 Å². The molecule has 94 valence electrons. The first kappa shape index (κ1) is 13.2. The zero-order valence-corrected chi connectivity index (χ0v) is 10.0. The lowest BCUT2D eigenvalue weighted by molar-refractivity contribution is 0.108. The maximum absolute atomic E-state index is 8.60. The number of amidine groups is 1. The van der Waals surface area contributed by atoms with Crippen LogP contribution in [0.5, 0.6) is 5.88 Å². The van der Waals surface area contributed by atoms with Crippen molar-refractivity contribution < 1.29 is 14.7 Å². The highest BCUT2D eigenvalue weighted by molar-refractivity contribution is 5.97. The second-order valence-electron chi connectivity index (χ2n) is 3.37. The van der Waals surface area contributed by atoms with Crippen LogP contribution in [0.4, 0.5) is 0 Å². The number of hydrogen-bond acceptors (Lipinski definition) is 5. The minimum Gasteiger partial charge on any atom is -0.475 e. The molecule has 0 amide bonds. The minimum absolute atomic E-state index is 0.0326. The SMILES string of the molecule is CCOCCOc1cc(/C(N)=N/O)cc(C)n1. The average molecular weight is 239 g/mol. The predicted octanol–water partition coefficient (Wildman–Crippen LogP) is 0.900. The number of aryl methyl sites for hydroxylation is 1. The summed E-state index contributed by atoms with van der Waals surface area (Å²) in [6.45, 7) is 5.30. The largest absolute Gasteiger partial charge is 0.475 e. The summed E-state index contributed by atoms with van der Waals surface area (Å²) in [5, 5.41) is 11.5. The molecule has 0 aliphatic heterocycles. The van der Waals surface area contributed by atoms with Crippen LogP contribution in [0.3, 0.4) is 0 Å². The Labute approximate surface area is 100 Å². The molecule has 1 rings (SSSR count). The van der Waals surface area contributed by atoms with E-state index in [1.54, 1.807) is 12.1 Å². The quantitative estimate of drug-likeness (QED) is 0.253. The van der Waals surface area contributed by atoms with Crippen molar-refractivity contribution >= 4 is 5.84 Å². The van der Waals surface area contributed by atoms with Crippen molar-refractivity contribution in [3.63, 3.8) is 0 Å². The van der Waals surface area contributed by atoms with E-state index >= 15 is 0 Å². The molecule has 0 bridgehead atoms. The molecule has 1 aromatic heterocycles. The molecule has 0 radical (unpaired) electrons. The van der Waals surface area contributed by atoms with Crippen molar-refractivity contribution in [1.82, 2.24) is 4.98 Å². The molecule has 0 aliphatic carbocycles. The highest BCUT2D eigenvalue weighted by Gasteiger charge is 2.05. The molecule has 0 saturated heterocycles. The van der Waals surface area contributed by atoms with Gasteiger partial charge in [-0.2, -0.15) is 0 Å². The van der Waals surface area contributed by atoms with Crippen LogP contribution in [0, 0.1) is 6.92 Å². The summed E-state index contributed by atoms with van der Waals surface area (Å²) in [7, 11) is 0. The van der Waals surface area contributed by atoms with Crippen LogP contribution < -0.4 is 10.5 Å². The average Bonchev–Trinajstić information content (AvgIpc) is 2.33. The first-order chi connectivity index (χ1) is 8.17. The third-order valence-corrected chi connectivity index (χ3v) is 2.02. The van der Waals surface area contributed by atoms with Crippen LogP contribution in [-0.2, 0) is 4.74 Å². The Morgan fingerprint density at radius 2 is 2.24 bits per heavy atom. The molecule has 6 nitrogen and oxygen atoms in total. The summed E-state index contributed by atoms with van der Waals surface area (Å²) in [6.07, 6.45) is 0. The van der Waals surface area contributed by atoms with E-state index in [9.17, 15) is 0 Å². The fraction of sp³-hybridized carbons (Fsp3) is 0.455. The molecule has 3 N–H and O–H groups in total. The lowest BCUT2D eigenvalue weighted by Crippen LogP contribution is -2.14. The molecule has 0 fully saturated rings. The second-order valence-corrected chi connectivity index (χ2v) is 3.37. The number of nitrogens with two attached hydrogens (primary N) is 1. The van der Waals surface area contributed by atoms with E-state index in [4.69, 9.17) is 20.4 Å². The van der Waals surface area contributed by atoms with Gasteiger partial charge in [0.15, 0.2) is 5.84 Å². The first-order valence-electron chi connectivity index (χ1n) is 5.34. The molecular formula is C11H17N3O3. The Morgan fingerprint density at radius 1 is 1.47 bits per heavy atom. The van der Waals surface area contributed by atoms with Gasteiger partial charge in [0.2, 0.25) is 5.88 Å². The van der Waals surface area contributed by atoms with Gasteiger partial charge in [0.1, 0.15) is 6.61 Å². The molecule has 0 atom stereocenters. The van der Waals surface area contributed by atoms with Crippen LogP contribution in [0.15, 0.2) is 17.3 Å². The predicted molar refractivity (Wildman–Crippen MR) is 63.5 cm³/mol. The van der Waals surface area contributed by atoms with Crippen molar-refractivity contribution in [2.24, 2.45) is 10.9 Å². The third kappa shape index (κ3) is 4.28. The zero-order valence-electron chi connectivity index (χ0n) is 10.0. The zero-order chi connectivity index (χ0) is 12.7. The Balaban J connectivity index is 2.69. The summed E-state index contributed by atoms with van der Waals surface area (Å²) in [4.78, 5) is 4.18. The molecule has 0 aromatic carbocycles. The summed E-state index contributed by atoms with van der Waals surface area (Å²) in [6, 6.07) is 3.33. The van der Waals surface area contributed by atoms with Gasteiger partial charge in [-0.05, 0) is 19.9 Å². The molecule has 17 heavy (non-hydrogen) atoms. The van der Waals surface area contributed by atoms with E-state index in [1.807, 2.05) is 13.8 Å². The molecule has 0 unspecified atom stereocenters. The first-order valence-corrected chi connectivity index (χ1v) is 5.34. The molecular weight excluding hydrogens is 222 g/mol. The van der Waals surface area contributed by atoms with E-state index in [0.29, 0.717) is 31.3 Å². The highest BCUT2D eigenvalue weighted by atomic mass is 16.5. The van der Waals surface area contributed by atoms with Crippen molar-refractivity contribution in [3.05, 3.63) is 23.4 Å². The lowest BCUT2D eigenvalue weighted by Gasteiger charge is -2.08. The topological polar surface area (TPSA) is 90.0 Å². The van der Waals surface area contributed by atoms with Crippen molar-refractivity contribution in [1.29, 1.82) is 0 Å². The summed E-state index contributed by atoms with van der Waals surface area (Å²) in [5.41, 5.74) is 6.81. The highest BCUT2D eigenvalue weighted by Crippen LogP contribution is 2.12. The standard InChI is InChI=1S/C11H17N3O3/c1-3-16-4-5-17-10-7-9(11(12)14-15)6-8(2)13-10/h6-7,15H,3-5H2,1-2H3,(H2,12,14). The summed E-state index contributed by atoms with van der Waals surface area (Å²) < 4.78 is 10.5. The number of oxime groups is 1. The van der Waals surface area contributed by atoms with Gasteiger partial charge < -0.3 is 20.4 Å².